The summed E-state index contributed by atoms with van der Waals surface area (Å²) < 4.78 is 3.08. The Morgan fingerprint density at radius 1 is 1.43 bits per heavy atom. The fourth-order valence-electron chi connectivity index (χ4n) is 2.28. The molecule has 0 bridgehead atoms. The van der Waals surface area contributed by atoms with Crippen LogP contribution in [0.1, 0.15) is 45.6 Å². The SMILES string of the molecule is CC1(C)CCC(n2cc[nH]c2=S)CC1. The molecule has 3 heteroatoms. The van der Waals surface area contributed by atoms with Crippen molar-refractivity contribution in [2.24, 2.45) is 5.41 Å². The highest BCUT2D eigenvalue weighted by Crippen LogP contribution is 2.39. The van der Waals surface area contributed by atoms with Crippen molar-refractivity contribution in [1.82, 2.24) is 9.55 Å². The maximum atomic E-state index is 5.23. The predicted octanol–water partition coefficient (Wildman–Crippen LogP) is 3.69. The van der Waals surface area contributed by atoms with E-state index in [4.69, 9.17) is 12.2 Å². The number of rotatable bonds is 1. The molecule has 1 aliphatic carbocycles. The standard InChI is InChI=1S/C11H18N2S/c1-11(2)5-3-9(4-6-11)13-8-7-12-10(13)14/h7-9H,3-6H2,1-2H3,(H,12,14). The molecule has 1 fully saturated rings. The lowest BCUT2D eigenvalue weighted by atomic mass is 9.75. The highest BCUT2D eigenvalue weighted by molar-refractivity contribution is 7.71. The van der Waals surface area contributed by atoms with Crippen LogP contribution in [0.25, 0.3) is 0 Å². The van der Waals surface area contributed by atoms with E-state index in [9.17, 15) is 0 Å². The van der Waals surface area contributed by atoms with Gasteiger partial charge in [-0.2, -0.15) is 0 Å². The van der Waals surface area contributed by atoms with Crippen molar-refractivity contribution in [3.05, 3.63) is 17.2 Å². The van der Waals surface area contributed by atoms with E-state index in [1.54, 1.807) is 0 Å². The molecule has 2 rings (SSSR count). The molecule has 1 aromatic heterocycles. The van der Waals surface area contributed by atoms with E-state index in [1.807, 2.05) is 6.20 Å². The van der Waals surface area contributed by atoms with E-state index >= 15 is 0 Å². The van der Waals surface area contributed by atoms with Gasteiger partial charge in [0.25, 0.3) is 0 Å². The summed E-state index contributed by atoms with van der Waals surface area (Å²) >= 11 is 5.23. The van der Waals surface area contributed by atoms with Crippen LogP contribution in [0.4, 0.5) is 0 Å². The van der Waals surface area contributed by atoms with E-state index in [-0.39, 0.29) is 0 Å². The van der Waals surface area contributed by atoms with Gasteiger partial charge < -0.3 is 9.55 Å². The Labute approximate surface area is 90.3 Å². The van der Waals surface area contributed by atoms with Crippen molar-refractivity contribution in [3.8, 4) is 0 Å². The molecule has 0 radical (unpaired) electrons. The monoisotopic (exact) mass is 210 g/mol. The Morgan fingerprint density at radius 3 is 2.57 bits per heavy atom. The highest BCUT2D eigenvalue weighted by Gasteiger charge is 2.27. The van der Waals surface area contributed by atoms with Crippen molar-refractivity contribution in [2.75, 3.05) is 0 Å². The number of imidazole rings is 1. The first kappa shape index (κ1) is 9.97. The Balaban J connectivity index is 2.10. The molecule has 2 nitrogen and oxygen atoms in total. The van der Waals surface area contributed by atoms with Crippen LogP contribution in [-0.2, 0) is 0 Å². The van der Waals surface area contributed by atoms with E-state index < -0.39 is 0 Å². The Kier molecular flexibility index (Phi) is 2.52. The van der Waals surface area contributed by atoms with Crippen LogP contribution in [0.15, 0.2) is 12.4 Å². The molecule has 0 aromatic carbocycles. The van der Waals surface area contributed by atoms with Crippen molar-refractivity contribution >= 4 is 12.2 Å². The molecular weight excluding hydrogens is 192 g/mol. The van der Waals surface area contributed by atoms with Gasteiger partial charge in [0, 0.05) is 18.4 Å². The summed E-state index contributed by atoms with van der Waals surface area (Å²) in [7, 11) is 0. The summed E-state index contributed by atoms with van der Waals surface area (Å²) in [4.78, 5) is 3.06. The zero-order chi connectivity index (χ0) is 10.2. The van der Waals surface area contributed by atoms with Gasteiger partial charge in [-0.05, 0) is 43.3 Å². The lowest BCUT2D eigenvalue weighted by molar-refractivity contribution is 0.193. The van der Waals surface area contributed by atoms with Gasteiger partial charge in [-0.25, -0.2) is 0 Å². The molecule has 0 unspecified atom stereocenters. The van der Waals surface area contributed by atoms with Gasteiger partial charge in [-0.1, -0.05) is 13.8 Å². The quantitative estimate of drug-likeness (QED) is 0.701. The average Bonchev–Trinajstić information content (AvgIpc) is 2.52. The summed E-state index contributed by atoms with van der Waals surface area (Å²) in [5.41, 5.74) is 0.537. The van der Waals surface area contributed by atoms with Gasteiger partial charge in [0.05, 0.1) is 0 Å². The van der Waals surface area contributed by atoms with Crippen LogP contribution in [0.3, 0.4) is 0 Å². The third-order valence-corrected chi connectivity index (χ3v) is 3.71. The number of aromatic nitrogens is 2. The van der Waals surface area contributed by atoms with Crippen LogP contribution in [0.2, 0.25) is 0 Å². The molecular formula is C11H18N2S. The predicted molar refractivity (Wildman–Crippen MR) is 60.9 cm³/mol. The maximum absolute atomic E-state index is 5.23. The van der Waals surface area contributed by atoms with Crippen molar-refractivity contribution in [2.45, 2.75) is 45.6 Å². The van der Waals surface area contributed by atoms with E-state index in [0.29, 0.717) is 11.5 Å². The molecule has 0 saturated heterocycles. The first-order valence-corrected chi connectivity index (χ1v) is 5.75. The summed E-state index contributed by atoms with van der Waals surface area (Å²) in [5.74, 6) is 0. The molecule has 78 valence electrons. The second-order valence-electron chi connectivity index (χ2n) is 5.07. The number of hydrogen-bond donors (Lipinski definition) is 1. The molecule has 0 spiro atoms. The van der Waals surface area contributed by atoms with Crippen molar-refractivity contribution < 1.29 is 0 Å². The Bertz CT molecular complexity index is 351. The van der Waals surface area contributed by atoms with E-state index in [2.05, 4.69) is 29.6 Å². The molecule has 1 aromatic rings. The van der Waals surface area contributed by atoms with Crippen LogP contribution in [0.5, 0.6) is 0 Å². The van der Waals surface area contributed by atoms with Crippen LogP contribution >= 0.6 is 12.2 Å². The topological polar surface area (TPSA) is 20.7 Å². The third kappa shape index (κ3) is 1.92. The number of nitrogens with one attached hydrogen (secondary N) is 1. The van der Waals surface area contributed by atoms with Gasteiger partial charge in [-0.15, -0.1) is 0 Å². The molecule has 14 heavy (non-hydrogen) atoms. The molecule has 0 amide bonds. The van der Waals surface area contributed by atoms with Gasteiger partial charge in [0.1, 0.15) is 0 Å². The van der Waals surface area contributed by atoms with E-state index in [0.717, 1.165) is 4.77 Å². The lowest BCUT2D eigenvalue weighted by Crippen LogP contribution is -2.23. The minimum atomic E-state index is 0.537. The van der Waals surface area contributed by atoms with Gasteiger partial charge in [0.15, 0.2) is 4.77 Å². The van der Waals surface area contributed by atoms with E-state index in [1.165, 1.54) is 25.7 Å². The second-order valence-corrected chi connectivity index (χ2v) is 5.45. The number of aromatic amines is 1. The summed E-state index contributed by atoms with van der Waals surface area (Å²) in [6, 6.07) is 0.627. The number of hydrogen-bond acceptors (Lipinski definition) is 1. The van der Waals surface area contributed by atoms with Gasteiger partial charge in [0.2, 0.25) is 0 Å². The van der Waals surface area contributed by atoms with Crippen molar-refractivity contribution in [1.29, 1.82) is 0 Å². The van der Waals surface area contributed by atoms with Gasteiger partial charge in [-0.3, -0.25) is 0 Å². The second kappa shape index (κ2) is 3.54. The fourth-order valence-corrected chi connectivity index (χ4v) is 2.56. The minimum absolute atomic E-state index is 0.537. The summed E-state index contributed by atoms with van der Waals surface area (Å²) in [5, 5.41) is 0. The largest absolute Gasteiger partial charge is 0.337 e. The highest BCUT2D eigenvalue weighted by atomic mass is 32.1. The first-order valence-electron chi connectivity index (χ1n) is 5.34. The van der Waals surface area contributed by atoms with Crippen molar-refractivity contribution in [3.63, 3.8) is 0 Å². The maximum Gasteiger partial charge on any atom is 0.177 e. The first-order chi connectivity index (χ1) is 6.58. The lowest BCUT2D eigenvalue weighted by Gasteiger charge is -2.34. The number of nitrogens with zero attached hydrogens (tertiary/aromatic N) is 1. The zero-order valence-corrected chi connectivity index (χ0v) is 9.73. The van der Waals surface area contributed by atoms with Crippen LogP contribution < -0.4 is 0 Å². The Hall–Kier alpha value is -0.570. The molecule has 1 heterocycles. The molecule has 1 N–H and O–H groups in total. The molecule has 1 aliphatic rings. The Morgan fingerprint density at radius 2 is 2.07 bits per heavy atom. The smallest absolute Gasteiger partial charge is 0.177 e. The third-order valence-electron chi connectivity index (χ3n) is 3.38. The van der Waals surface area contributed by atoms with Gasteiger partial charge >= 0.3 is 0 Å². The summed E-state index contributed by atoms with van der Waals surface area (Å²) in [6.07, 6.45) is 9.15. The minimum Gasteiger partial charge on any atom is -0.337 e. The summed E-state index contributed by atoms with van der Waals surface area (Å²) in [6.45, 7) is 4.72. The van der Waals surface area contributed by atoms with Crippen LogP contribution in [0, 0.1) is 10.2 Å². The normalized spacial score (nSPS) is 22.4. The van der Waals surface area contributed by atoms with Crippen LogP contribution in [-0.4, -0.2) is 9.55 Å². The molecule has 1 saturated carbocycles. The molecule has 0 aliphatic heterocycles. The zero-order valence-electron chi connectivity index (χ0n) is 8.92. The average molecular weight is 210 g/mol. The molecule has 0 atom stereocenters. The fraction of sp³-hybridized carbons (Fsp3) is 0.727. The number of H-pyrrole nitrogens is 1.